The number of aromatic nitrogens is 4. The highest BCUT2D eigenvalue weighted by atomic mass is 35.5. The van der Waals surface area contributed by atoms with Gasteiger partial charge in [0.2, 0.25) is 5.13 Å². The summed E-state index contributed by atoms with van der Waals surface area (Å²) in [6.45, 7) is 1.82. The van der Waals surface area contributed by atoms with Gasteiger partial charge in [0.05, 0.1) is 25.0 Å². The first-order valence-electron chi connectivity index (χ1n) is 10.8. The maximum Gasteiger partial charge on any atom is 0.259 e. The van der Waals surface area contributed by atoms with Crippen molar-refractivity contribution >= 4 is 45.7 Å². The molecule has 2 atom stereocenters. The van der Waals surface area contributed by atoms with Gasteiger partial charge >= 0.3 is 0 Å². The summed E-state index contributed by atoms with van der Waals surface area (Å²) in [7, 11) is 1.51. The lowest BCUT2D eigenvalue weighted by Gasteiger charge is -2.13. The Kier molecular flexibility index (Phi) is 6.89. The first kappa shape index (κ1) is 24.6. The number of carbonyl (C=O) groups excluding carboxylic acids is 1. The maximum absolute atomic E-state index is 14.1. The fourth-order valence-electron chi connectivity index (χ4n) is 4.07. The molecule has 3 aromatic heterocycles. The number of hydrogen-bond acceptors (Lipinski definition) is 9. The number of hydrogen-bond donors (Lipinski definition) is 2. The van der Waals surface area contributed by atoms with Crippen molar-refractivity contribution in [2.75, 3.05) is 12.4 Å². The zero-order chi connectivity index (χ0) is 25.4. The molecular weight excluding hydrogens is 525 g/mol. The Balaban J connectivity index is 1.35. The van der Waals surface area contributed by atoms with E-state index in [1.807, 2.05) is 13.0 Å². The van der Waals surface area contributed by atoms with Crippen molar-refractivity contribution in [2.24, 2.45) is 0 Å². The SMILES string of the molecule is COc1cnc(Cl)cc1-c1cc(C)ncc1C(=O)Nc1nnc(S[C@H]2Cc3cccc(F)c3[C@H]2O)s1. The minimum absolute atomic E-state index is 0.258. The number of aryl methyl sites for hydroxylation is 1. The lowest BCUT2D eigenvalue weighted by Crippen LogP contribution is -2.14. The van der Waals surface area contributed by atoms with Gasteiger partial charge in [0.25, 0.3) is 5.91 Å². The zero-order valence-electron chi connectivity index (χ0n) is 19.0. The minimum atomic E-state index is -0.948. The Morgan fingerprint density at radius 2 is 2.08 bits per heavy atom. The van der Waals surface area contributed by atoms with E-state index < -0.39 is 17.8 Å². The van der Waals surface area contributed by atoms with Crippen LogP contribution in [0.4, 0.5) is 9.52 Å². The van der Waals surface area contributed by atoms with Gasteiger partial charge in [0.15, 0.2) is 4.34 Å². The fourth-order valence-corrected chi connectivity index (χ4v) is 6.37. The van der Waals surface area contributed by atoms with E-state index in [1.165, 1.54) is 48.7 Å². The van der Waals surface area contributed by atoms with E-state index in [4.69, 9.17) is 16.3 Å². The number of fused-ring (bicyclic) bond motifs is 1. The van der Waals surface area contributed by atoms with Crippen molar-refractivity contribution in [1.29, 1.82) is 0 Å². The number of aliphatic hydroxyl groups excluding tert-OH is 1. The van der Waals surface area contributed by atoms with Crippen molar-refractivity contribution in [3.63, 3.8) is 0 Å². The van der Waals surface area contributed by atoms with Crippen LogP contribution in [0, 0.1) is 12.7 Å². The number of carbonyl (C=O) groups is 1. The molecule has 1 aliphatic rings. The highest BCUT2D eigenvalue weighted by Crippen LogP contribution is 2.43. The molecule has 8 nitrogen and oxygen atoms in total. The molecule has 5 rings (SSSR count). The lowest BCUT2D eigenvalue weighted by molar-refractivity contribution is 0.102. The van der Waals surface area contributed by atoms with Crippen LogP contribution < -0.4 is 10.1 Å². The smallest absolute Gasteiger partial charge is 0.259 e. The molecule has 36 heavy (non-hydrogen) atoms. The molecule has 0 fully saturated rings. The van der Waals surface area contributed by atoms with Gasteiger partial charge in [-0.05, 0) is 37.1 Å². The van der Waals surface area contributed by atoms with E-state index in [0.717, 1.165) is 5.56 Å². The third-order valence-electron chi connectivity index (χ3n) is 5.72. The van der Waals surface area contributed by atoms with Crippen LogP contribution in [-0.2, 0) is 6.42 Å². The number of nitrogens with zero attached hydrogens (tertiary/aromatic N) is 4. The fraction of sp³-hybridized carbons (Fsp3) is 0.208. The molecule has 1 aromatic carbocycles. The summed E-state index contributed by atoms with van der Waals surface area (Å²) in [6, 6.07) is 8.18. The quantitative estimate of drug-likeness (QED) is 0.255. The van der Waals surface area contributed by atoms with E-state index in [2.05, 4.69) is 25.5 Å². The Morgan fingerprint density at radius 3 is 2.86 bits per heavy atom. The molecule has 12 heteroatoms. The van der Waals surface area contributed by atoms with Crippen LogP contribution in [0.2, 0.25) is 5.15 Å². The molecule has 4 aromatic rings. The number of nitrogens with one attached hydrogen (secondary N) is 1. The second-order valence-electron chi connectivity index (χ2n) is 8.02. The number of ether oxygens (including phenoxy) is 1. The number of halogens is 2. The van der Waals surface area contributed by atoms with Gasteiger partial charge in [0, 0.05) is 33.8 Å². The van der Waals surface area contributed by atoms with Crippen LogP contribution in [-0.4, -0.2) is 43.5 Å². The number of benzene rings is 1. The van der Waals surface area contributed by atoms with Crippen LogP contribution in [0.3, 0.4) is 0 Å². The van der Waals surface area contributed by atoms with Crippen molar-refractivity contribution in [2.45, 2.75) is 29.0 Å². The second-order valence-corrected chi connectivity index (χ2v) is 10.9. The molecule has 3 heterocycles. The zero-order valence-corrected chi connectivity index (χ0v) is 21.4. The summed E-state index contributed by atoms with van der Waals surface area (Å²) >= 11 is 8.58. The molecule has 0 saturated heterocycles. The lowest BCUT2D eigenvalue weighted by atomic mass is 10.0. The summed E-state index contributed by atoms with van der Waals surface area (Å²) in [6.07, 6.45) is 2.53. The van der Waals surface area contributed by atoms with Gasteiger partial charge in [-0.2, -0.15) is 0 Å². The van der Waals surface area contributed by atoms with E-state index in [0.29, 0.717) is 44.5 Å². The molecule has 1 aliphatic carbocycles. The number of methoxy groups -OCH3 is 1. The van der Waals surface area contributed by atoms with Crippen LogP contribution in [0.15, 0.2) is 47.1 Å². The Hall–Kier alpha value is -3.12. The predicted octanol–water partition coefficient (Wildman–Crippen LogP) is 5.11. The minimum Gasteiger partial charge on any atom is -0.494 e. The number of rotatable bonds is 6. The third-order valence-corrected chi connectivity index (χ3v) is 8.11. The molecule has 1 amide bonds. The maximum atomic E-state index is 14.1. The highest BCUT2D eigenvalue weighted by Gasteiger charge is 2.35. The molecule has 184 valence electrons. The average molecular weight is 544 g/mol. The van der Waals surface area contributed by atoms with Crippen LogP contribution in [0.1, 0.15) is 33.3 Å². The molecule has 0 unspecified atom stereocenters. The molecule has 0 bridgehead atoms. The predicted molar refractivity (Wildman–Crippen MR) is 136 cm³/mol. The number of anilines is 1. The molecule has 0 radical (unpaired) electrons. The Labute approximate surface area is 218 Å². The van der Waals surface area contributed by atoms with Crippen LogP contribution in [0.25, 0.3) is 11.1 Å². The van der Waals surface area contributed by atoms with Crippen molar-refractivity contribution in [3.05, 3.63) is 76.1 Å². The summed E-state index contributed by atoms with van der Waals surface area (Å²) < 4.78 is 20.1. The molecule has 0 aliphatic heterocycles. The monoisotopic (exact) mass is 543 g/mol. The van der Waals surface area contributed by atoms with Crippen molar-refractivity contribution in [1.82, 2.24) is 20.2 Å². The van der Waals surface area contributed by atoms with Crippen LogP contribution >= 0.6 is 34.7 Å². The summed E-state index contributed by atoms with van der Waals surface area (Å²) in [4.78, 5) is 21.5. The number of amides is 1. The van der Waals surface area contributed by atoms with Gasteiger partial charge in [-0.15, -0.1) is 10.2 Å². The normalized spacial score (nSPS) is 16.6. The first-order chi connectivity index (χ1) is 17.3. The standard InChI is InChI=1S/C24H19ClFN5O3S2/c1-11-6-13(14-8-19(25)28-10-17(14)34-2)15(9-27-11)22(33)29-23-30-31-24(36-23)35-18-7-12-4-3-5-16(26)20(12)21(18)32/h3-6,8-10,18,21,32H,7H2,1-2H3,(H,29,30,33)/t18-,21-/m0/s1. The van der Waals surface area contributed by atoms with Gasteiger partial charge < -0.3 is 9.84 Å². The summed E-state index contributed by atoms with van der Waals surface area (Å²) in [5, 5.41) is 21.8. The molecule has 2 N–H and O–H groups in total. The number of thioether (sulfide) groups is 1. The highest BCUT2D eigenvalue weighted by molar-refractivity contribution is 8.01. The van der Waals surface area contributed by atoms with E-state index in [9.17, 15) is 14.3 Å². The van der Waals surface area contributed by atoms with Gasteiger partial charge in [-0.3, -0.25) is 15.1 Å². The number of pyridine rings is 2. The number of aliphatic hydroxyl groups is 1. The topological polar surface area (TPSA) is 110 Å². The second kappa shape index (κ2) is 10.1. The first-order valence-corrected chi connectivity index (χ1v) is 12.8. The molecule has 0 saturated carbocycles. The van der Waals surface area contributed by atoms with Gasteiger partial charge in [-0.1, -0.05) is 46.8 Å². The largest absolute Gasteiger partial charge is 0.494 e. The van der Waals surface area contributed by atoms with Gasteiger partial charge in [-0.25, -0.2) is 9.37 Å². The van der Waals surface area contributed by atoms with E-state index in [-0.39, 0.29) is 15.5 Å². The van der Waals surface area contributed by atoms with E-state index in [1.54, 1.807) is 18.2 Å². The molecular formula is C24H19ClFN5O3S2. The van der Waals surface area contributed by atoms with Crippen LogP contribution in [0.5, 0.6) is 5.75 Å². The van der Waals surface area contributed by atoms with Gasteiger partial charge in [0.1, 0.15) is 16.7 Å². The summed E-state index contributed by atoms with van der Waals surface area (Å²) in [5.74, 6) is -0.389. The Bertz CT molecular complexity index is 1470. The summed E-state index contributed by atoms with van der Waals surface area (Å²) in [5.41, 5.74) is 3.29. The Morgan fingerprint density at radius 1 is 1.25 bits per heavy atom. The van der Waals surface area contributed by atoms with E-state index >= 15 is 0 Å². The van der Waals surface area contributed by atoms with Crippen molar-refractivity contribution in [3.8, 4) is 16.9 Å². The van der Waals surface area contributed by atoms with Crippen molar-refractivity contribution < 1.29 is 19.0 Å². The third kappa shape index (κ3) is 4.79. The molecule has 0 spiro atoms. The average Bonchev–Trinajstić information content (AvgIpc) is 3.43.